The van der Waals surface area contributed by atoms with Gasteiger partial charge in [0.15, 0.2) is 0 Å². The fourth-order valence-corrected chi connectivity index (χ4v) is 3.36. The zero-order valence-corrected chi connectivity index (χ0v) is 19.9. The van der Waals surface area contributed by atoms with E-state index in [9.17, 15) is 24.3 Å². The molecule has 1 amide bonds. The Labute approximate surface area is 207 Å². The summed E-state index contributed by atoms with van der Waals surface area (Å²) in [6, 6.07) is 19.0. The van der Waals surface area contributed by atoms with Gasteiger partial charge in [-0.05, 0) is 50.2 Å². The summed E-state index contributed by atoms with van der Waals surface area (Å²) in [6.07, 6.45) is -4.16. The van der Waals surface area contributed by atoms with Crippen molar-refractivity contribution in [2.24, 2.45) is 0 Å². The van der Waals surface area contributed by atoms with Crippen LogP contribution in [0.3, 0.4) is 0 Å². The Hall–Kier alpha value is -4.66. The minimum Gasteiger partial charge on any atom is -0.495 e. The number of carbonyl (C=O) groups is 4. The van der Waals surface area contributed by atoms with Crippen molar-refractivity contribution in [3.8, 4) is 5.75 Å². The first-order valence-corrected chi connectivity index (χ1v) is 10.9. The summed E-state index contributed by atoms with van der Waals surface area (Å²) in [5.74, 6) is -4.36. The third kappa shape index (κ3) is 6.47. The molecule has 9 nitrogen and oxygen atoms in total. The lowest BCUT2D eigenvalue weighted by atomic mass is 10.1. The van der Waals surface area contributed by atoms with Crippen LogP contribution in [0.2, 0.25) is 0 Å². The molecule has 2 N–H and O–H groups in total. The number of aryl methyl sites for hydroxylation is 2. The number of amides is 1. The molecular formula is C27H25NO8. The number of esters is 2. The quantitative estimate of drug-likeness (QED) is 0.433. The van der Waals surface area contributed by atoms with Crippen LogP contribution in [0.15, 0.2) is 72.8 Å². The Morgan fingerprint density at radius 1 is 0.750 bits per heavy atom. The van der Waals surface area contributed by atoms with Gasteiger partial charge in [0.05, 0.1) is 23.9 Å². The van der Waals surface area contributed by atoms with Crippen molar-refractivity contribution in [1.29, 1.82) is 0 Å². The smallest absolute Gasteiger partial charge is 0.349 e. The Bertz CT molecular complexity index is 1290. The Kier molecular flexibility index (Phi) is 8.40. The second-order valence-electron chi connectivity index (χ2n) is 7.92. The number of anilines is 1. The third-order valence-electron chi connectivity index (χ3n) is 5.12. The van der Waals surface area contributed by atoms with E-state index in [1.54, 1.807) is 56.3 Å². The lowest BCUT2D eigenvalue weighted by Gasteiger charge is -2.24. The molecule has 0 heterocycles. The molecule has 0 unspecified atom stereocenters. The molecule has 0 fully saturated rings. The maximum Gasteiger partial charge on any atom is 0.349 e. The van der Waals surface area contributed by atoms with Crippen LogP contribution in [0.1, 0.15) is 31.8 Å². The number of para-hydroxylation sites is 2. The minimum atomic E-state index is -2.14. The summed E-state index contributed by atoms with van der Waals surface area (Å²) in [5.41, 5.74) is 1.87. The highest BCUT2D eigenvalue weighted by atomic mass is 16.6. The normalized spacial score (nSPS) is 12.1. The summed E-state index contributed by atoms with van der Waals surface area (Å²) in [7, 11) is 1.39. The molecule has 0 radical (unpaired) electrons. The number of ether oxygens (including phenoxy) is 3. The van der Waals surface area contributed by atoms with Crippen LogP contribution in [-0.2, 0) is 19.1 Å². The van der Waals surface area contributed by atoms with Crippen LogP contribution in [0.4, 0.5) is 5.69 Å². The van der Waals surface area contributed by atoms with Gasteiger partial charge in [-0.3, -0.25) is 4.79 Å². The van der Waals surface area contributed by atoms with Crippen molar-refractivity contribution in [3.63, 3.8) is 0 Å². The zero-order valence-electron chi connectivity index (χ0n) is 19.9. The first-order chi connectivity index (χ1) is 17.2. The Morgan fingerprint density at radius 3 is 1.78 bits per heavy atom. The molecule has 3 rings (SSSR count). The molecular weight excluding hydrogens is 466 g/mol. The summed E-state index contributed by atoms with van der Waals surface area (Å²) in [4.78, 5) is 51.0. The molecule has 0 aliphatic carbocycles. The molecule has 0 aliphatic rings. The summed E-state index contributed by atoms with van der Waals surface area (Å²) in [6.45, 7) is 3.50. The number of hydrogen-bond donors (Lipinski definition) is 2. The first-order valence-electron chi connectivity index (χ1n) is 10.9. The van der Waals surface area contributed by atoms with Crippen molar-refractivity contribution in [3.05, 3.63) is 95.1 Å². The highest BCUT2D eigenvalue weighted by molar-refractivity contribution is 6.02. The molecule has 0 saturated heterocycles. The molecule has 186 valence electrons. The van der Waals surface area contributed by atoms with Crippen LogP contribution in [0.25, 0.3) is 0 Å². The minimum absolute atomic E-state index is 0.0788. The standard InChI is InChI=1S/C27H25NO8/c1-16-8-6-10-18(14-16)26(32)35-22(24(29)28-20-12-4-5-13-21(20)34-3)23(25(30)31)36-27(33)19-11-7-9-17(2)15-19/h4-15,22-23H,1-3H3,(H,28,29)(H,30,31)/t22-,23-/m0/s1. The van der Waals surface area contributed by atoms with Crippen molar-refractivity contribution in [1.82, 2.24) is 0 Å². The van der Waals surface area contributed by atoms with E-state index in [1.807, 2.05) is 0 Å². The summed E-state index contributed by atoms with van der Waals surface area (Å²) in [5, 5.41) is 12.4. The Balaban J connectivity index is 1.95. The molecule has 9 heteroatoms. The molecule has 0 bridgehead atoms. The highest BCUT2D eigenvalue weighted by Crippen LogP contribution is 2.24. The number of aliphatic carboxylic acids is 1. The molecule has 0 saturated carbocycles. The second kappa shape index (κ2) is 11.7. The summed E-state index contributed by atoms with van der Waals surface area (Å²) >= 11 is 0. The van der Waals surface area contributed by atoms with E-state index in [1.165, 1.54) is 37.4 Å². The van der Waals surface area contributed by atoms with E-state index in [0.717, 1.165) is 11.1 Å². The molecule has 0 aromatic heterocycles. The van der Waals surface area contributed by atoms with Crippen molar-refractivity contribution in [2.45, 2.75) is 26.1 Å². The van der Waals surface area contributed by atoms with Gasteiger partial charge in [-0.1, -0.05) is 47.5 Å². The van der Waals surface area contributed by atoms with Crippen LogP contribution < -0.4 is 10.1 Å². The molecule has 2 atom stereocenters. The largest absolute Gasteiger partial charge is 0.495 e. The second-order valence-corrected chi connectivity index (χ2v) is 7.92. The van der Waals surface area contributed by atoms with Gasteiger partial charge in [0.1, 0.15) is 5.75 Å². The maximum atomic E-state index is 13.2. The van der Waals surface area contributed by atoms with Crippen LogP contribution >= 0.6 is 0 Å². The number of hydrogen-bond acceptors (Lipinski definition) is 7. The molecule has 3 aromatic rings. The number of methoxy groups -OCH3 is 1. The van der Waals surface area contributed by atoms with Crippen molar-refractivity contribution < 1.29 is 38.5 Å². The molecule has 36 heavy (non-hydrogen) atoms. The highest BCUT2D eigenvalue weighted by Gasteiger charge is 2.41. The number of benzene rings is 3. The van der Waals surface area contributed by atoms with Crippen molar-refractivity contribution >= 4 is 29.5 Å². The van der Waals surface area contributed by atoms with E-state index < -0.39 is 36.0 Å². The van der Waals surface area contributed by atoms with Gasteiger partial charge in [-0.2, -0.15) is 0 Å². The third-order valence-corrected chi connectivity index (χ3v) is 5.12. The SMILES string of the molecule is COc1ccccc1NC(=O)[C@@H](OC(=O)c1cccc(C)c1)[C@H](OC(=O)c1cccc(C)c1)C(=O)O. The topological polar surface area (TPSA) is 128 Å². The molecule has 0 aliphatic heterocycles. The van der Waals surface area contributed by atoms with Gasteiger partial charge in [0.25, 0.3) is 5.91 Å². The number of carbonyl (C=O) groups excluding carboxylic acids is 3. The van der Waals surface area contributed by atoms with Gasteiger partial charge in [-0.15, -0.1) is 0 Å². The molecule has 3 aromatic carbocycles. The van der Waals surface area contributed by atoms with E-state index in [4.69, 9.17) is 14.2 Å². The lowest BCUT2D eigenvalue weighted by Crippen LogP contribution is -2.48. The fourth-order valence-electron chi connectivity index (χ4n) is 3.36. The predicted octanol–water partition coefficient (Wildman–Crippen LogP) is 3.79. The van der Waals surface area contributed by atoms with E-state index in [2.05, 4.69) is 5.32 Å². The van der Waals surface area contributed by atoms with Crippen LogP contribution in [0, 0.1) is 13.8 Å². The van der Waals surface area contributed by atoms with E-state index in [-0.39, 0.29) is 16.8 Å². The number of carboxylic acids is 1. The summed E-state index contributed by atoms with van der Waals surface area (Å²) < 4.78 is 15.7. The lowest BCUT2D eigenvalue weighted by molar-refractivity contribution is -0.157. The maximum absolute atomic E-state index is 13.2. The monoisotopic (exact) mass is 491 g/mol. The van der Waals surface area contributed by atoms with Crippen LogP contribution in [0.5, 0.6) is 5.75 Å². The fraction of sp³-hybridized carbons (Fsp3) is 0.185. The predicted molar refractivity (Wildman–Crippen MR) is 130 cm³/mol. The number of carboxylic acid groups (broad SMARTS) is 1. The van der Waals surface area contributed by atoms with Crippen molar-refractivity contribution in [2.75, 3.05) is 12.4 Å². The Morgan fingerprint density at radius 2 is 1.28 bits per heavy atom. The van der Waals surface area contributed by atoms with Gasteiger partial charge < -0.3 is 24.6 Å². The van der Waals surface area contributed by atoms with Gasteiger partial charge in [0.2, 0.25) is 12.2 Å². The molecule has 0 spiro atoms. The average Bonchev–Trinajstić information content (AvgIpc) is 2.86. The van der Waals surface area contributed by atoms with Crippen LogP contribution in [-0.4, -0.2) is 48.2 Å². The van der Waals surface area contributed by atoms with Gasteiger partial charge >= 0.3 is 17.9 Å². The number of rotatable bonds is 9. The average molecular weight is 491 g/mol. The zero-order chi connectivity index (χ0) is 26.2. The van der Waals surface area contributed by atoms with Gasteiger partial charge in [-0.25, -0.2) is 14.4 Å². The first kappa shape index (κ1) is 26.0. The van der Waals surface area contributed by atoms with Gasteiger partial charge in [0, 0.05) is 0 Å². The number of nitrogens with one attached hydrogen (secondary N) is 1. The van der Waals surface area contributed by atoms with E-state index in [0.29, 0.717) is 5.75 Å². The van der Waals surface area contributed by atoms with E-state index >= 15 is 0 Å².